The average Bonchev–Trinajstić information content (AvgIpc) is 2.89. The third-order valence-electron chi connectivity index (χ3n) is 5.01. The minimum absolute atomic E-state index is 0.690. The molecule has 2 aliphatic rings. The van der Waals surface area contributed by atoms with E-state index in [-0.39, 0.29) is 0 Å². The summed E-state index contributed by atoms with van der Waals surface area (Å²) in [6.45, 7) is 1.14. The SMILES string of the molecule is Nc1ccc2nc(N3CCCC4CCCCC43)[nH]c2c1. The fourth-order valence-corrected chi connectivity index (χ4v) is 4.04. The third-order valence-corrected chi connectivity index (χ3v) is 5.01. The van der Waals surface area contributed by atoms with Crippen molar-refractivity contribution < 1.29 is 0 Å². The fraction of sp³-hybridized carbons (Fsp3) is 0.562. The lowest BCUT2D eigenvalue weighted by molar-refractivity contribution is 0.242. The molecule has 0 bridgehead atoms. The van der Waals surface area contributed by atoms with Crippen molar-refractivity contribution in [2.24, 2.45) is 5.92 Å². The molecule has 20 heavy (non-hydrogen) atoms. The van der Waals surface area contributed by atoms with Crippen LogP contribution in [0.4, 0.5) is 11.6 Å². The molecule has 1 saturated heterocycles. The fourth-order valence-electron chi connectivity index (χ4n) is 4.04. The molecule has 3 N–H and O–H groups in total. The molecule has 106 valence electrons. The van der Waals surface area contributed by atoms with Crippen molar-refractivity contribution in [1.29, 1.82) is 0 Å². The van der Waals surface area contributed by atoms with Crippen molar-refractivity contribution in [3.63, 3.8) is 0 Å². The lowest BCUT2D eigenvalue weighted by Gasteiger charge is -2.44. The third kappa shape index (κ3) is 1.94. The molecule has 1 aromatic heterocycles. The van der Waals surface area contributed by atoms with Gasteiger partial charge in [0, 0.05) is 18.3 Å². The monoisotopic (exact) mass is 270 g/mol. The second kappa shape index (κ2) is 4.69. The van der Waals surface area contributed by atoms with Crippen LogP contribution in [0.2, 0.25) is 0 Å². The Hall–Kier alpha value is -1.71. The Morgan fingerprint density at radius 1 is 1.15 bits per heavy atom. The van der Waals surface area contributed by atoms with Crippen LogP contribution in [0.25, 0.3) is 11.0 Å². The van der Waals surface area contributed by atoms with E-state index >= 15 is 0 Å². The number of nitrogens with two attached hydrogens (primary N) is 1. The van der Waals surface area contributed by atoms with Gasteiger partial charge in [0.25, 0.3) is 0 Å². The number of imidazole rings is 1. The first-order valence-electron chi connectivity index (χ1n) is 7.83. The number of aromatic nitrogens is 2. The lowest BCUT2D eigenvalue weighted by Crippen LogP contribution is -2.47. The van der Waals surface area contributed by atoms with E-state index in [0.29, 0.717) is 6.04 Å². The first-order chi connectivity index (χ1) is 9.81. The van der Waals surface area contributed by atoms with Gasteiger partial charge in [-0.1, -0.05) is 12.8 Å². The van der Waals surface area contributed by atoms with E-state index in [4.69, 9.17) is 10.7 Å². The Morgan fingerprint density at radius 2 is 2.00 bits per heavy atom. The van der Waals surface area contributed by atoms with Crippen molar-refractivity contribution in [1.82, 2.24) is 9.97 Å². The van der Waals surface area contributed by atoms with Gasteiger partial charge >= 0.3 is 0 Å². The number of benzene rings is 1. The molecule has 0 radical (unpaired) electrons. The van der Waals surface area contributed by atoms with E-state index in [1.165, 1.54) is 38.5 Å². The van der Waals surface area contributed by atoms with Gasteiger partial charge in [0.15, 0.2) is 0 Å². The molecule has 1 aliphatic carbocycles. The average molecular weight is 270 g/mol. The number of aromatic amines is 1. The highest BCUT2D eigenvalue weighted by atomic mass is 15.3. The number of H-pyrrole nitrogens is 1. The van der Waals surface area contributed by atoms with Crippen molar-refractivity contribution in [3.8, 4) is 0 Å². The lowest BCUT2D eigenvalue weighted by atomic mass is 9.78. The maximum atomic E-state index is 5.86. The molecule has 4 nitrogen and oxygen atoms in total. The van der Waals surface area contributed by atoms with Gasteiger partial charge in [-0.3, -0.25) is 0 Å². The van der Waals surface area contributed by atoms with Gasteiger partial charge in [-0.05, 0) is 49.8 Å². The van der Waals surface area contributed by atoms with Crippen molar-refractivity contribution in [2.45, 2.75) is 44.6 Å². The summed E-state index contributed by atoms with van der Waals surface area (Å²) in [4.78, 5) is 10.8. The van der Waals surface area contributed by atoms with Crippen LogP contribution in [0, 0.1) is 5.92 Å². The topological polar surface area (TPSA) is 57.9 Å². The van der Waals surface area contributed by atoms with Gasteiger partial charge in [0.1, 0.15) is 0 Å². The summed E-state index contributed by atoms with van der Waals surface area (Å²) in [6.07, 6.45) is 8.18. The van der Waals surface area contributed by atoms with Crippen molar-refractivity contribution in [2.75, 3.05) is 17.2 Å². The first-order valence-corrected chi connectivity index (χ1v) is 7.83. The van der Waals surface area contributed by atoms with Crippen LogP contribution in [0.1, 0.15) is 38.5 Å². The van der Waals surface area contributed by atoms with Crippen molar-refractivity contribution >= 4 is 22.7 Å². The highest BCUT2D eigenvalue weighted by molar-refractivity contribution is 5.81. The van der Waals surface area contributed by atoms with E-state index in [9.17, 15) is 0 Å². The van der Waals surface area contributed by atoms with Crippen LogP contribution in [-0.4, -0.2) is 22.6 Å². The van der Waals surface area contributed by atoms with E-state index in [1.54, 1.807) is 0 Å². The van der Waals surface area contributed by atoms with E-state index in [0.717, 1.165) is 35.1 Å². The van der Waals surface area contributed by atoms with Gasteiger partial charge in [0.05, 0.1) is 11.0 Å². The maximum absolute atomic E-state index is 5.86. The molecule has 2 unspecified atom stereocenters. The number of rotatable bonds is 1. The summed E-state index contributed by atoms with van der Waals surface area (Å²) in [6, 6.07) is 6.60. The number of nitrogen functional groups attached to an aromatic ring is 1. The molecule has 2 fully saturated rings. The second-order valence-corrected chi connectivity index (χ2v) is 6.28. The molecule has 1 aromatic carbocycles. The van der Waals surface area contributed by atoms with Crippen LogP contribution in [0.3, 0.4) is 0 Å². The Kier molecular flexibility index (Phi) is 2.83. The van der Waals surface area contributed by atoms with E-state index < -0.39 is 0 Å². The molecule has 4 heteroatoms. The van der Waals surface area contributed by atoms with E-state index in [1.807, 2.05) is 18.2 Å². The van der Waals surface area contributed by atoms with Gasteiger partial charge < -0.3 is 15.6 Å². The summed E-state index contributed by atoms with van der Waals surface area (Å²) < 4.78 is 0. The Labute approximate surface area is 119 Å². The Morgan fingerprint density at radius 3 is 2.95 bits per heavy atom. The zero-order valence-corrected chi connectivity index (χ0v) is 11.8. The second-order valence-electron chi connectivity index (χ2n) is 6.28. The van der Waals surface area contributed by atoms with Crippen LogP contribution in [-0.2, 0) is 0 Å². The van der Waals surface area contributed by atoms with Crippen LogP contribution in [0.15, 0.2) is 18.2 Å². The number of nitrogens with zero attached hydrogens (tertiary/aromatic N) is 2. The van der Waals surface area contributed by atoms with Crippen LogP contribution < -0.4 is 10.6 Å². The van der Waals surface area contributed by atoms with Gasteiger partial charge in [-0.25, -0.2) is 4.98 Å². The minimum atomic E-state index is 0.690. The van der Waals surface area contributed by atoms with Gasteiger partial charge in [-0.15, -0.1) is 0 Å². The van der Waals surface area contributed by atoms with Gasteiger partial charge in [0.2, 0.25) is 5.95 Å². The minimum Gasteiger partial charge on any atom is -0.399 e. The smallest absolute Gasteiger partial charge is 0.204 e. The number of hydrogen-bond acceptors (Lipinski definition) is 3. The normalized spacial score (nSPS) is 26.7. The molecule has 1 saturated carbocycles. The number of anilines is 2. The summed E-state index contributed by atoms with van der Waals surface area (Å²) in [5.74, 6) is 1.91. The first kappa shape index (κ1) is 12.1. The maximum Gasteiger partial charge on any atom is 0.204 e. The summed E-state index contributed by atoms with van der Waals surface area (Å²) in [7, 11) is 0. The number of piperidine rings is 1. The Bertz CT molecular complexity index is 616. The summed E-state index contributed by atoms with van der Waals surface area (Å²) in [5.41, 5.74) is 8.72. The quantitative estimate of drug-likeness (QED) is 0.782. The van der Waals surface area contributed by atoms with Gasteiger partial charge in [-0.2, -0.15) is 0 Å². The summed E-state index contributed by atoms with van der Waals surface area (Å²) >= 11 is 0. The van der Waals surface area contributed by atoms with Crippen LogP contribution in [0.5, 0.6) is 0 Å². The molecular formula is C16H22N4. The highest BCUT2D eigenvalue weighted by Crippen LogP contribution is 2.37. The predicted octanol–water partition coefficient (Wildman–Crippen LogP) is 3.30. The zero-order chi connectivity index (χ0) is 13.5. The molecule has 1 aliphatic heterocycles. The van der Waals surface area contributed by atoms with Crippen LogP contribution >= 0.6 is 0 Å². The zero-order valence-electron chi connectivity index (χ0n) is 11.8. The van der Waals surface area contributed by atoms with Crippen molar-refractivity contribution in [3.05, 3.63) is 18.2 Å². The molecular weight excluding hydrogens is 248 g/mol. The number of fused-ring (bicyclic) bond motifs is 2. The largest absolute Gasteiger partial charge is 0.399 e. The highest BCUT2D eigenvalue weighted by Gasteiger charge is 2.34. The standard InChI is InChI=1S/C16H22N4/c17-12-7-8-13-14(10-12)19-16(18-13)20-9-3-5-11-4-1-2-6-15(11)20/h7-8,10-11,15H,1-6,9,17H2,(H,18,19). The number of hydrogen-bond donors (Lipinski definition) is 2. The molecule has 4 rings (SSSR count). The molecule has 2 atom stereocenters. The molecule has 2 heterocycles. The molecule has 2 aromatic rings. The summed E-state index contributed by atoms with van der Waals surface area (Å²) in [5, 5.41) is 0. The molecule has 0 spiro atoms. The number of nitrogens with one attached hydrogen (secondary N) is 1. The van der Waals surface area contributed by atoms with E-state index in [2.05, 4.69) is 9.88 Å². The Balaban J connectivity index is 1.69. The molecule has 0 amide bonds. The predicted molar refractivity (Wildman–Crippen MR) is 82.8 cm³/mol.